The first kappa shape index (κ1) is 12.0. The maximum Gasteiger partial charge on any atom is 0.198 e. The highest BCUT2D eigenvalue weighted by Gasteiger charge is 2.36. The van der Waals surface area contributed by atoms with Gasteiger partial charge < -0.3 is 21.7 Å². The minimum atomic E-state index is -0.723. The summed E-state index contributed by atoms with van der Waals surface area (Å²) < 4.78 is 0. The molecule has 0 bridgehead atoms. The monoisotopic (exact) mass is 270 g/mol. The summed E-state index contributed by atoms with van der Waals surface area (Å²) in [6, 6.07) is 6.20. The number of benzene rings is 2. The van der Waals surface area contributed by atoms with Gasteiger partial charge in [0.15, 0.2) is 23.1 Å². The topological polar surface area (TPSA) is 127 Å². The number of hydrogen-bond acceptors (Lipinski definition) is 6. The van der Waals surface area contributed by atoms with Gasteiger partial charge in [0.2, 0.25) is 0 Å². The molecule has 0 saturated carbocycles. The Kier molecular flexibility index (Phi) is 2.25. The fraction of sp³-hybridized carbons (Fsp3) is 0. The van der Waals surface area contributed by atoms with Crippen molar-refractivity contribution in [2.24, 2.45) is 0 Å². The lowest BCUT2D eigenvalue weighted by molar-refractivity contribution is 0.0977. The van der Waals surface area contributed by atoms with E-state index in [2.05, 4.69) is 0 Å². The van der Waals surface area contributed by atoms with Crippen LogP contribution in [0.1, 0.15) is 31.8 Å². The molecule has 2 aromatic rings. The normalized spacial score (nSPS) is 13.0. The van der Waals surface area contributed by atoms with E-state index in [-0.39, 0.29) is 33.6 Å². The highest BCUT2D eigenvalue weighted by molar-refractivity contribution is 6.32. The zero-order valence-corrected chi connectivity index (χ0v) is 10.2. The van der Waals surface area contributed by atoms with Crippen molar-refractivity contribution in [3.05, 3.63) is 46.5 Å². The third-order valence-electron chi connectivity index (χ3n) is 3.40. The van der Waals surface area contributed by atoms with Crippen LogP contribution in [-0.2, 0) is 0 Å². The van der Waals surface area contributed by atoms with Crippen LogP contribution in [-0.4, -0.2) is 21.8 Å². The predicted octanol–water partition coefficient (Wildman–Crippen LogP) is 1.04. The van der Waals surface area contributed by atoms with Gasteiger partial charge >= 0.3 is 0 Å². The van der Waals surface area contributed by atoms with Crippen molar-refractivity contribution in [3.63, 3.8) is 0 Å². The smallest absolute Gasteiger partial charge is 0.198 e. The van der Waals surface area contributed by atoms with Crippen LogP contribution >= 0.6 is 0 Å². The molecule has 3 rings (SSSR count). The number of phenols is 2. The molecular formula is C14H10N2O4. The first-order valence-electron chi connectivity index (χ1n) is 5.76. The zero-order valence-electron chi connectivity index (χ0n) is 10.2. The number of carbonyl (C=O) groups excluding carboxylic acids is 2. The van der Waals surface area contributed by atoms with Crippen LogP contribution in [0.2, 0.25) is 0 Å². The zero-order chi connectivity index (χ0) is 14.6. The third-order valence-corrected chi connectivity index (χ3v) is 3.40. The summed E-state index contributed by atoms with van der Waals surface area (Å²) >= 11 is 0. The second kappa shape index (κ2) is 3.74. The Morgan fingerprint density at radius 3 is 1.80 bits per heavy atom. The van der Waals surface area contributed by atoms with Crippen molar-refractivity contribution >= 4 is 22.9 Å². The van der Waals surface area contributed by atoms with Crippen LogP contribution in [0.15, 0.2) is 24.3 Å². The number of anilines is 2. The average molecular weight is 270 g/mol. The third kappa shape index (κ3) is 1.27. The van der Waals surface area contributed by atoms with Crippen LogP contribution in [0.3, 0.4) is 0 Å². The molecule has 0 aliphatic heterocycles. The number of ketones is 2. The van der Waals surface area contributed by atoms with Crippen molar-refractivity contribution in [3.8, 4) is 11.5 Å². The molecule has 0 saturated heterocycles. The quantitative estimate of drug-likeness (QED) is 0.274. The van der Waals surface area contributed by atoms with Crippen molar-refractivity contribution in [1.82, 2.24) is 0 Å². The standard InChI is InChI=1S/C14H10N2O4/c15-9-7-8(13(19)14(20)10(9)16)12(18)6-4-2-1-3-5(6)11(7)17/h1-4,19-20H,15-16H2. The lowest BCUT2D eigenvalue weighted by Gasteiger charge is -2.21. The van der Waals surface area contributed by atoms with Gasteiger partial charge in [-0.25, -0.2) is 0 Å². The highest BCUT2D eigenvalue weighted by Crippen LogP contribution is 2.45. The average Bonchev–Trinajstić information content (AvgIpc) is 2.46. The number of carbonyl (C=O) groups is 2. The number of nitrogens with two attached hydrogens (primary N) is 2. The van der Waals surface area contributed by atoms with Gasteiger partial charge in [0.05, 0.1) is 16.8 Å². The van der Waals surface area contributed by atoms with Gasteiger partial charge in [0.1, 0.15) is 5.69 Å². The maximum atomic E-state index is 12.4. The predicted molar refractivity (Wildman–Crippen MR) is 71.9 cm³/mol. The van der Waals surface area contributed by atoms with Gasteiger partial charge in [-0.15, -0.1) is 0 Å². The van der Waals surface area contributed by atoms with E-state index >= 15 is 0 Å². The number of phenolic OH excluding ortho intramolecular Hbond substituents is 2. The molecule has 0 radical (unpaired) electrons. The summed E-state index contributed by atoms with van der Waals surface area (Å²) in [4.78, 5) is 24.8. The van der Waals surface area contributed by atoms with Crippen LogP contribution < -0.4 is 11.5 Å². The molecule has 2 aromatic carbocycles. The summed E-state index contributed by atoms with van der Waals surface area (Å²) in [7, 11) is 0. The molecule has 6 heteroatoms. The molecule has 0 amide bonds. The number of fused-ring (bicyclic) bond motifs is 2. The van der Waals surface area contributed by atoms with E-state index in [0.717, 1.165) is 0 Å². The molecule has 1 aliphatic rings. The summed E-state index contributed by atoms with van der Waals surface area (Å²) in [5.41, 5.74) is 10.6. The Labute approximate surface area is 113 Å². The lowest BCUT2D eigenvalue weighted by atomic mass is 9.82. The van der Waals surface area contributed by atoms with E-state index in [4.69, 9.17) is 11.5 Å². The van der Waals surface area contributed by atoms with Gasteiger partial charge in [-0.1, -0.05) is 24.3 Å². The number of aromatic hydroxyl groups is 2. The Balaban J connectivity index is 2.46. The van der Waals surface area contributed by atoms with E-state index in [1.165, 1.54) is 12.1 Å². The fourth-order valence-corrected chi connectivity index (χ4v) is 2.37. The fourth-order valence-electron chi connectivity index (χ4n) is 2.37. The Hall–Kier alpha value is -3.02. The second-order valence-electron chi connectivity index (χ2n) is 4.48. The van der Waals surface area contributed by atoms with Crippen LogP contribution in [0.4, 0.5) is 11.4 Å². The summed E-state index contributed by atoms with van der Waals surface area (Å²) in [6.45, 7) is 0. The summed E-state index contributed by atoms with van der Waals surface area (Å²) in [5, 5.41) is 19.6. The van der Waals surface area contributed by atoms with Gasteiger partial charge in [-0.3, -0.25) is 9.59 Å². The molecule has 1 aliphatic carbocycles. The van der Waals surface area contributed by atoms with Gasteiger partial charge in [0.25, 0.3) is 0 Å². The van der Waals surface area contributed by atoms with Gasteiger partial charge in [-0.05, 0) is 0 Å². The van der Waals surface area contributed by atoms with Crippen molar-refractivity contribution in [1.29, 1.82) is 0 Å². The summed E-state index contributed by atoms with van der Waals surface area (Å²) in [6.07, 6.45) is 0. The van der Waals surface area contributed by atoms with Crippen molar-refractivity contribution in [2.45, 2.75) is 0 Å². The van der Waals surface area contributed by atoms with Crippen LogP contribution in [0, 0.1) is 0 Å². The van der Waals surface area contributed by atoms with E-state index in [0.29, 0.717) is 0 Å². The first-order valence-corrected chi connectivity index (χ1v) is 5.76. The van der Waals surface area contributed by atoms with Crippen LogP contribution in [0.25, 0.3) is 0 Å². The molecule has 100 valence electrons. The Morgan fingerprint density at radius 1 is 0.750 bits per heavy atom. The van der Waals surface area contributed by atoms with E-state index < -0.39 is 23.1 Å². The minimum Gasteiger partial charge on any atom is -0.504 e. The SMILES string of the molecule is Nc1c(N)c2c(c(O)c1O)C(=O)c1ccccc1C2=O. The molecule has 0 fully saturated rings. The first-order chi connectivity index (χ1) is 9.45. The molecule has 0 spiro atoms. The second-order valence-corrected chi connectivity index (χ2v) is 4.48. The van der Waals surface area contributed by atoms with Crippen molar-refractivity contribution < 1.29 is 19.8 Å². The Morgan fingerprint density at radius 2 is 1.25 bits per heavy atom. The van der Waals surface area contributed by atoms with E-state index in [1.807, 2.05) is 0 Å². The van der Waals surface area contributed by atoms with Gasteiger partial charge in [-0.2, -0.15) is 0 Å². The molecule has 0 atom stereocenters. The minimum absolute atomic E-state index is 0.156. The number of rotatable bonds is 0. The highest BCUT2D eigenvalue weighted by atomic mass is 16.3. The number of nitrogen functional groups attached to an aromatic ring is 2. The van der Waals surface area contributed by atoms with E-state index in [1.54, 1.807) is 12.1 Å². The van der Waals surface area contributed by atoms with Crippen molar-refractivity contribution in [2.75, 3.05) is 11.5 Å². The molecule has 6 nitrogen and oxygen atoms in total. The molecule has 6 N–H and O–H groups in total. The maximum absolute atomic E-state index is 12.4. The molecule has 0 aromatic heterocycles. The summed E-state index contributed by atoms with van der Waals surface area (Å²) in [5.74, 6) is -2.49. The van der Waals surface area contributed by atoms with E-state index in [9.17, 15) is 19.8 Å². The van der Waals surface area contributed by atoms with Gasteiger partial charge in [0, 0.05) is 11.1 Å². The molecule has 20 heavy (non-hydrogen) atoms. The molecule has 0 unspecified atom stereocenters. The molecular weight excluding hydrogens is 260 g/mol. The number of hydrogen-bond donors (Lipinski definition) is 4. The van der Waals surface area contributed by atoms with Crippen LogP contribution in [0.5, 0.6) is 11.5 Å². The largest absolute Gasteiger partial charge is 0.504 e. The molecule has 0 heterocycles. The Bertz CT molecular complexity index is 730. The lowest BCUT2D eigenvalue weighted by Crippen LogP contribution is -2.23.